The Morgan fingerprint density at radius 2 is 2.06 bits per heavy atom. The number of para-hydroxylation sites is 1. The van der Waals surface area contributed by atoms with Crippen LogP contribution in [0.1, 0.15) is 31.7 Å². The van der Waals surface area contributed by atoms with Crippen molar-refractivity contribution in [2.24, 2.45) is 5.92 Å². The molecule has 0 atom stereocenters. The number of halogens is 2. The highest BCUT2D eigenvalue weighted by Crippen LogP contribution is 2.21. The van der Waals surface area contributed by atoms with E-state index in [1.807, 2.05) is 0 Å². The molecule has 1 aromatic heterocycles. The van der Waals surface area contributed by atoms with E-state index in [0.29, 0.717) is 11.8 Å². The molecule has 0 aliphatic rings. The molecule has 0 saturated heterocycles. The van der Waals surface area contributed by atoms with Gasteiger partial charge in [-0.2, -0.15) is 0 Å². The summed E-state index contributed by atoms with van der Waals surface area (Å²) in [6.07, 6.45) is 1.16. The van der Waals surface area contributed by atoms with Gasteiger partial charge in [-0.15, -0.1) is 24.0 Å². The molecule has 0 saturated carbocycles. The molecule has 2 rings (SSSR count). The molecule has 1 heterocycles. The first-order chi connectivity index (χ1) is 8.13. The van der Waals surface area contributed by atoms with E-state index in [2.05, 4.69) is 48.5 Å². The van der Waals surface area contributed by atoms with E-state index in [1.54, 1.807) is 0 Å². The monoisotopic (exact) mass is 286 g/mol. The largest absolute Gasteiger partial charge is 0.327 e. The highest BCUT2D eigenvalue weighted by Gasteiger charge is 2.11. The van der Waals surface area contributed by atoms with Gasteiger partial charge < -0.3 is 4.57 Å². The number of aromatic nitrogens is 2. The van der Waals surface area contributed by atoms with E-state index in [9.17, 15) is 0 Å². The van der Waals surface area contributed by atoms with Crippen LogP contribution < -0.4 is 0 Å². The van der Waals surface area contributed by atoms with Crippen LogP contribution in [0.4, 0.5) is 0 Å². The van der Waals surface area contributed by atoms with Gasteiger partial charge in [0.2, 0.25) is 0 Å². The summed E-state index contributed by atoms with van der Waals surface area (Å²) in [6, 6.07) is 6.31. The molecule has 0 spiro atoms. The Hall–Kier alpha value is -0.730. The lowest BCUT2D eigenvalue weighted by Gasteiger charge is -2.09. The number of benzene rings is 1. The summed E-state index contributed by atoms with van der Waals surface area (Å²) in [7, 11) is 0. The molecule has 0 fully saturated rings. The molecule has 2 aromatic rings. The maximum Gasteiger partial charge on any atom is 0.124 e. The van der Waals surface area contributed by atoms with Crippen LogP contribution in [-0.4, -0.2) is 9.55 Å². The van der Waals surface area contributed by atoms with Crippen LogP contribution in [0.3, 0.4) is 0 Å². The fraction of sp³-hybridized carbons (Fsp3) is 0.500. The van der Waals surface area contributed by atoms with Crippen molar-refractivity contribution in [3.63, 3.8) is 0 Å². The third-order valence-corrected chi connectivity index (χ3v) is 3.35. The summed E-state index contributed by atoms with van der Waals surface area (Å²) in [5, 5.41) is 0. The van der Waals surface area contributed by atoms with Crippen LogP contribution in [0.15, 0.2) is 18.2 Å². The minimum absolute atomic E-state index is 0. The summed E-state index contributed by atoms with van der Waals surface area (Å²) < 4.78 is 2.26. The van der Waals surface area contributed by atoms with Gasteiger partial charge >= 0.3 is 0 Å². The van der Waals surface area contributed by atoms with Gasteiger partial charge in [-0.25, -0.2) is 4.98 Å². The van der Waals surface area contributed by atoms with Crippen LogP contribution >= 0.6 is 24.0 Å². The minimum atomic E-state index is 0. The van der Waals surface area contributed by atoms with Crippen LogP contribution in [0.25, 0.3) is 11.0 Å². The number of alkyl halides is 1. The van der Waals surface area contributed by atoms with E-state index in [4.69, 9.17) is 11.6 Å². The van der Waals surface area contributed by atoms with Gasteiger partial charge in [0.1, 0.15) is 5.82 Å². The smallest absolute Gasteiger partial charge is 0.124 e. The summed E-state index contributed by atoms with van der Waals surface area (Å²) in [5.74, 6) is 2.16. The molecule has 0 amide bonds. The quantitative estimate of drug-likeness (QED) is 0.754. The highest BCUT2D eigenvalue weighted by atomic mass is 35.5. The highest BCUT2D eigenvalue weighted by molar-refractivity contribution is 6.16. The van der Waals surface area contributed by atoms with Crippen molar-refractivity contribution in [2.75, 3.05) is 0 Å². The van der Waals surface area contributed by atoms with Gasteiger partial charge in [-0.1, -0.05) is 26.0 Å². The summed E-state index contributed by atoms with van der Waals surface area (Å²) in [5.41, 5.74) is 3.52. The second-order valence-electron chi connectivity index (χ2n) is 4.94. The van der Waals surface area contributed by atoms with Gasteiger partial charge in [-0.05, 0) is 30.9 Å². The molecular weight excluding hydrogens is 267 g/mol. The first-order valence-electron chi connectivity index (χ1n) is 6.14. The third kappa shape index (κ3) is 2.99. The zero-order valence-electron chi connectivity index (χ0n) is 11.1. The molecule has 0 aliphatic carbocycles. The average Bonchev–Trinajstić information content (AvgIpc) is 2.66. The SMILES string of the molecule is Cc1cccc2c1nc(CCl)n2CCC(C)C.Cl. The lowest BCUT2D eigenvalue weighted by atomic mass is 10.1. The fourth-order valence-electron chi connectivity index (χ4n) is 2.07. The van der Waals surface area contributed by atoms with Crippen molar-refractivity contribution in [1.82, 2.24) is 9.55 Å². The Morgan fingerprint density at radius 3 is 2.67 bits per heavy atom. The molecule has 0 aliphatic heterocycles. The van der Waals surface area contributed by atoms with Gasteiger partial charge in [0, 0.05) is 6.54 Å². The van der Waals surface area contributed by atoms with Crippen molar-refractivity contribution in [3.8, 4) is 0 Å². The Morgan fingerprint density at radius 1 is 1.33 bits per heavy atom. The number of hydrogen-bond acceptors (Lipinski definition) is 1. The van der Waals surface area contributed by atoms with Gasteiger partial charge in [0.05, 0.1) is 16.9 Å². The van der Waals surface area contributed by atoms with E-state index < -0.39 is 0 Å². The van der Waals surface area contributed by atoms with Crippen molar-refractivity contribution in [1.29, 1.82) is 0 Å². The number of imidazole rings is 1. The Kier molecular flexibility index (Phi) is 5.48. The number of rotatable bonds is 4. The Balaban J connectivity index is 0.00000162. The summed E-state index contributed by atoms with van der Waals surface area (Å²) >= 11 is 5.99. The van der Waals surface area contributed by atoms with Gasteiger partial charge in [0.15, 0.2) is 0 Å². The second kappa shape index (κ2) is 6.44. The van der Waals surface area contributed by atoms with E-state index >= 15 is 0 Å². The first kappa shape index (κ1) is 15.3. The molecule has 0 bridgehead atoms. The molecule has 1 aromatic carbocycles. The first-order valence-corrected chi connectivity index (χ1v) is 6.67. The van der Waals surface area contributed by atoms with Crippen LogP contribution in [0.5, 0.6) is 0 Å². The number of aryl methyl sites for hydroxylation is 2. The second-order valence-corrected chi connectivity index (χ2v) is 5.21. The molecule has 18 heavy (non-hydrogen) atoms. The van der Waals surface area contributed by atoms with Crippen molar-refractivity contribution in [2.45, 2.75) is 39.6 Å². The van der Waals surface area contributed by atoms with Crippen LogP contribution in [0, 0.1) is 12.8 Å². The Labute approximate surface area is 120 Å². The van der Waals surface area contributed by atoms with Crippen molar-refractivity contribution in [3.05, 3.63) is 29.6 Å². The molecule has 0 N–H and O–H groups in total. The maximum absolute atomic E-state index is 5.99. The Bertz CT molecular complexity index is 518. The van der Waals surface area contributed by atoms with Gasteiger partial charge in [0.25, 0.3) is 0 Å². The zero-order valence-corrected chi connectivity index (χ0v) is 12.7. The van der Waals surface area contributed by atoms with Crippen LogP contribution in [-0.2, 0) is 12.4 Å². The topological polar surface area (TPSA) is 17.8 Å². The third-order valence-electron chi connectivity index (χ3n) is 3.11. The lowest BCUT2D eigenvalue weighted by Crippen LogP contribution is -2.04. The van der Waals surface area contributed by atoms with Crippen molar-refractivity contribution < 1.29 is 0 Å². The lowest BCUT2D eigenvalue weighted by molar-refractivity contribution is 0.516. The predicted octanol–water partition coefficient (Wildman–Crippen LogP) is 4.55. The van der Waals surface area contributed by atoms with E-state index in [-0.39, 0.29) is 12.4 Å². The van der Waals surface area contributed by atoms with Gasteiger partial charge in [-0.3, -0.25) is 0 Å². The normalized spacial score (nSPS) is 10.9. The van der Waals surface area contributed by atoms with E-state index in [0.717, 1.165) is 24.3 Å². The summed E-state index contributed by atoms with van der Waals surface area (Å²) in [6.45, 7) is 7.58. The molecule has 0 unspecified atom stereocenters. The standard InChI is InChI=1S/C14H19ClN2.ClH/c1-10(2)7-8-17-12-6-4-5-11(3)14(12)16-13(17)9-15;/h4-6,10H,7-9H2,1-3H3;1H. The summed E-state index contributed by atoms with van der Waals surface area (Å²) in [4.78, 5) is 4.64. The fourth-order valence-corrected chi connectivity index (χ4v) is 2.28. The maximum atomic E-state index is 5.99. The average molecular weight is 287 g/mol. The van der Waals surface area contributed by atoms with Crippen LogP contribution in [0.2, 0.25) is 0 Å². The minimum Gasteiger partial charge on any atom is -0.327 e. The molecular formula is C14H20Cl2N2. The molecule has 0 radical (unpaired) electrons. The number of fused-ring (bicyclic) bond motifs is 1. The number of hydrogen-bond donors (Lipinski definition) is 0. The predicted molar refractivity (Wildman–Crippen MR) is 80.7 cm³/mol. The molecule has 100 valence electrons. The van der Waals surface area contributed by atoms with Crippen molar-refractivity contribution >= 4 is 35.0 Å². The zero-order chi connectivity index (χ0) is 12.4. The molecule has 4 heteroatoms. The van der Waals surface area contributed by atoms with E-state index in [1.165, 1.54) is 11.1 Å². The number of nitrogens with zero attached hydrogens (tertiary/aromatic N) is 2. The molecule has 2 nitrogen and oxygen atoms in total.